The van der Waals surface area contributed by atoms with Crippen LogP contribution in [0.1, 0.15) is 11.1 Å². The average molecular weight is 383 g/mol. The molecular formula is C21H16Cl2N2O. The second-order valence-electron chi connectivity index (χ2n) is 5.60. The molecule has 130 valence electrons. The molecule has 0 radical (unpaired) electrons. The summed E-state index contributed by atoms with van der Waals surface area (Å²) in [7, 11) is 0. The minimum Gasteiger partial charge on any atom is -0.289 e. The van der Waals surface area contributed by atoms with Gasteiger partial charge in [0.25, 0.3) is 5.91 Å². The third-order valence-corrected chi connectivity index (χ3v) is 4.31. The molecule has 5 heteroatoms. The van der Waals surface area contributed by atoms with E-state index in [2.05, 4.69) is 4.98 Å². The highest BCUT2D eigenvalue weighted by Gasteiger charge is 2.15. The molecule has 0 aliphatic heterocycles. The van der Waals surface area contributed by atoms with Crippen molar-refractivity contribution in [2.75, 3.05) is 4.90 Å². The number of carbonyl (C=O) groups is 1. The molecule has 0 aliphatic rings. The minimum absolute atomic E-state index is 0.182. The normalized spacial score (nSPS) is 10.8. The van der Waals surface area contributed by atoms with E-state index in [1.807, 2.05) is 48.5 Å². The molecule has 0 saturated carbocycles. The van der Waals surface area contributed by atoms with E-state index in [-0.39, 0.29) is 5.91 Å². The molecule has 1 heterocycles. The SMILES string of the molecule is O=C(/C=C/c1ccc(Cl)cc1Cl)N(Cc1ccccc1)c1ccccn1. The van der Waals surface area contributed by atoms with E-state index in [0.717, 1.165) is 11.1 Å². The Labute approximate surface area is 162 Å². The van der Waals surface area contributed by atoms with Gasteiger partial charge < -0.3 is 0 Å². The van der Waals surface area contributed by atoms with Crippen LogP contribution in [0.4, 0.5) is 5.82 Å². The molecule has 0 bridgehead atoms. The third-order valence-electron chi connectivity index (χ3n) is 3.74. The van der Waals surface area contributed by atoms with Gasteiger partial charge in [0.2, 0.25) is 0 Å². The van der Waals surface area contributed by atoms with Crippen molar-refractivity contribution in [3.8, 4) is 0 Å². The Bertz CT molecular complexity index is 912. The van der Waals surface area contributed by atoms with Gasteiger partial charge in [0, 0.05) is 22.3 Å². The lowest BCUT2D eigenvalue weighted by Gasteiger charge is -2.20. The van der Waals surface area contributed by atoms with Crippen LogP contribution in [0.3, 0.4) is 0 Å². The van der Waals surface area contributed by atoms with Gasteiger partial charge in [-0.1, -0.05) is 65.7 Å². The van der Waals surface area contributed by atoms with Crippen molar-refractivity contribution in [3.05, 3.63) is 100 Å². The lowest BCUT2D eigenvalue weighted by atomic mass is 10.2. The number of benzene rings is 2. The summed E-state index contributed by atoms with van der Waals surface area (Å²) in [5, 5.41) is 1.05. The molecule has 0 unspecified atom stereocenters. The number of pyridine rings is 1. The first-order valence-electron chi connectivity index (χ1n) is 8.03. The zero-order chi connectivity index (χ0) is 18.4. The van der Waals surface area contributed by atoms with E-state index in [1.54, 1.807) is 35.4 Å². The highest BCUT2D eigenvalue weighted by Crippen LogP contribution is 2.22. The molecule has 0 saturated heterocycles. The molecule has 1 amide bonds. The number of anilines is 1. The van der Waals surface area contributed by atoms with Gasteiger partial charge in [-0.3, -0.25) is 9.69 Å². The Morgan fingerprint density at radius 2 is 1.77 bits per heavy atom. The predicted molar refractivity (Wildman–Crippen MR) is 107 cm³/mol. The summed E-state index contributed by atoms with van der Waals surface area (Å²) < 4.78 is 0. The molecule has 0 fully saturated rings. The molecule has 0 N–H and O–H groups in total. The Morgan fingerprint density at radius 3 is 2.46 bits per heavy atom. The van der Waals surface area contributed by atoms with Gasteiger partial charge in [-0.15, -0.1) is 0 Å². The second kappa shape index (κ2) is 8.65. The van der Waals surface area contributed by atoms with Crippen LogP contribution in [0.15, 0.2) is 79.0 Å². The van der Waals surface area contributed by atoms with Crippen LogP contribution in [-0.2, 0) is 11.3 Å². The summed E-state index contributed by atoms with van der Waals surface area (Å²) in [5.41, 5.74) is 1.74. The molecule has 0 spiro atoms. The van der Waals surface area contributed by atoms with Gasteiger partial charge in [0.1, 0.15) is 5.82 Å². The monoisotopic (exact) mass is 382 g/mol. The summed E-state index contributed by atoms with van der Waals surface area (Å²) in [4.78, 5) is 18.8. The maximum absolute atomic E-state index is 12.8. The topological polar surface area (TPSA) is 33.2 Å². The Morgan fingerprint density at radius 1 is 1.00 bits per heavy atom. The molecule has 3 rings (SSSR count). The number of carbonyl (C=O) groups excluding carboxylic acids is 1. The number of hydrogen-bond donors (Lipinski definition) is 0. The quantitative estimate of drug-likeness (QED) is 0.535. The fourth-order valence-electron chi connectivity index (χ4n) is 2.44. The Kier molecular flexibility index (Phi) is 6.05. The zero-order valence-electron chi connectivity index (χ0n) is 13.8. The number of halogens is 2. The van der Waals surface area contributed by atoms with Gasteiger partial charge in [-0.25, -0.2) is 4.98 Å². The molecular weight excluding hydrogens is 367 g/mol. The van der Waals surface area contributed by atoms with Crippen molar-refractivity contribution in [2.45, 2.75) is 6.54 Å². The highest BCUT2D eigenvalue weighted by molar-refractivity contribution is 6.35. The van der Waals surface area contributed by atoms with E-state index < -0.39 is 0 Å². The number of rotatable bonds is 5. The van der Waals surface area contributed by atoms with E-state index in [0.29, 0.717) is 22.4 Å². The minimum atomic E-state index is -0.182. The summed E-state index contributed by atoms with van der Waals surface area (Å²) in [6.07, 6.45) is 4.84. The van der Waals surface area contributed by atoms with Gasteiger partial charge in [-0.05, 0) is 41.5 Å². The first-order valence-corrected chi connectivity index (χ1v) is 8.78. The molecule has 0 aliphatic carbocycles. The van der Waals surface area contributed by atoms with E-state index in [1.165, 1.54) is 6.08 Å². The van der Waals surface area contributed by atoms with E-state index in [9.17, 15) is 4.79 Å². The predicted octanol–water partition coefficient (Wildman–Crippen LogP) is 5.64. The second-order valence-corrected chi connectivity index (χ2v) is 6.44. The fraction of sp³-hybridized carbons (Fsp3) is 0.0476. The van der Waals surface area contributed by atoms with Crippen LogP contribution in [0.5, 0.6) is 0 Å². The maximum Gasteiger partial charge on any atom is 0.252 e. The molecule has 2 aromatic carbocycles. The highest BCUT2D eigenvalue weighted by atomic mass is 35.5. The smallest absolute Gasteiger partial charge is 0.252 e. The van der Waals surface area contributed by atoms with Gasteiger partial charge in [-0.2, -0.15) is 0 Å². The largest absolute Gasteiger partial charge is 0.289 e. The zero-order valence-corrected chi connectivity index (χ0v) is 15.4. The van der Waals surface area contributed by atoms with Gasteiger partial charge in [0.15, 0.2) is 0 Å². The molecule has 0 atom stereocenters. The third kappa shape index (κ3) is 4.72. The van der Waals surface area contributed by atoms with Gasteiger partial charge in [0.05, 0.1) is 6.54 Å². The lowest BCUT2D eigenvalue weighted by Crippen LogP contribution is -2.29. The Hall–Kier alpha value is -2.62. The van der Waals surface area contributed by atoms with Crippen molar-refractivity contribution < 1.29 is 4.79 Å². The average Bonchev–Trinajstić information content (AvgIpc) is 2.67. The van der Waals surface area contributed by atoms with Crippen molar-refractivity contribution in [1.29, 1.82) is 0 Å². The summed E-state index contributed by atoms with van der Waals surface area (Å²) in [6, 6.07) is 20.4. The maximum atomic E-state index is 12.8. The standard InChI is InChI=1S/C21H16Cl2N2O/c22-18-11-9-17(19(23)14-18)10-12-21(26)25(20-8-4-5-13-24-20)15-16-6-2-1-3-7-16/h1-14H,15H2/b12-10+. The van der Waals surface area contributed by atoms with Crippen molar-refractivity contribution in [3.63, 3.8) is 0 Å². The van der Waals surface area contributed by atoms with E-state index in [4.69, 9.17) is 23.2 Å². The van der Waals surface area contributed by atoms with Crippen LogP contribution >= 0.6 is 23.2 Å². The van der Waals surface area contributed by atoms with Crippen molar-refractivity contribution in [1.82, 2.24) is 4.98 Å². The summed E-state index contributed by atoms with van der Waals surface area (Å²) >= 11 is 12.1. The first kappa shape index (κ1) is 18.2. The Balaban J connectivity index is 1.86. The molecule has 3 aromatic rings. The molecule has 26 heavy (non-hydrogen) atoms. The molecule has 1 aromatic heterocycles. The first-order chi connectivity index (χ1) is 12.6. The molecule has 3 nitrogen and oxygen atoms in total. The number of hydrogen-bond acceptors (Lipinski definition) is 2. The van der Waals surface area contributed by atoms with Crippen LogP contribution < -0.4 is 4.90 Å². The fourth-order valence-corrected chi connectivity index (χ4v) is 2.91. The van der Waals surface area contributed by atoms with Gasteiger partial charge >= 0.3 is 0 Å². The van der Waals surface area contributed by atoms with E-state index >= 15 is 0 Å². The lowest BCUT2D eigenvalue weighted by molar-refractivity contribution is -0.114. The van der Waals surface area contributed by atoms with Crippen LogP contribution in [0, 0.1) is 0 Å². The number of aromatic nitrogens is 1. The number of amides is 1. The van der Waals surface area contributed by atoms with Crippen LogP contribution in [0.2, 0.25) is 10.0 Å². The number of nitrogens with zero attached hydrogens (tertiary/aromatic N) is 2. The van der Waals surface area contributed by atoms with Crippen molar-refractivity contribution >= 4 is 41.0 Å². The van der Waals surface area contributed by atoms with Crippen molar-refractivity contribution in [2.24, 2.45) is 0 Å². The van der Waals surface area contributed by atoms with Crippen LogP contribution in [0.25, 0.3) is 6.08 Å². The summed E-state index contributed by atoms with van der Waals surface area (Å²) in [5.74, 6) is 0.409. The summed E-state index contributed by atoms with van der Waals surface area (Å²) in [6.45, 7) is 0.426. The van der Waals surface area contributed by atoms with Crippen LogP contribution in [-0.4, -0.2) is 10.9 Å².